The summed E-state index contributed by atoms with van der Waals surface area (Å²) in [6.45, 7) is 6.64. The molecule has 3 rings (SSSR count). The Bertz CT molecular complexity index is 710. The Hall–Kier alpha value is -1.48. The van der Waals surface area contributed by atoms with Crippen LogP contribution >= 0.6 is 0 Å². The largest absolute Gasteiger partial charge is 0.373 e. The van der Waals surface area contributed by atoms with Crippen molar-refractivity contribution in [3.05, 3.63) is 59.7 Å². The van der Waals surface area contributed by atoms with Crippen LogP contribution in [0.3, 0.4) is 0 Å². The second kappa shape index (κ2) is 12.5. The molecule has 0 spiro atoms. The minimum atomic E-state index is -0.710. The predicted molar refractivity (Wildman–Crippen MR) is 125 cm³/mol. The van der Waals surface area contributed by atoms with E-state index in [1.54, 1.807) is 12.1 Å². The summed E-state index contributed by atoms with van der Waals surface area (Å²) in [5.74, 6) is 0.654. The molecule has 2 aliphatic rings. The number of rotatable bonds is 10. The lowest BCUT2D eigenvalue weighted by molar-refractivity contribution is -0.0214. The fraction of sp³-hybridized carbons (Fsp3) is 0.643. The van der Waals surface area contributed by atoms with Crippen LogP contribution < -0.4 is 0 Å². The third-order valence-corrected chi connectivity index (χ3v) is 7.27. The molecule has 0 bridgehead atoms. The summed E-state index contributed by atoms with van der Waals surface area (Å²) in [7, 11) is 0. The molecule has 1 aliphatic heterocycles. The highest BCUT2D eigenvalue weighted by Gasteiger charge is 2.26. The second-order valence-electron chi connectivity index (χ2n) is 9.61. The Kier molecular flexibility index (Phi) is 9.77. The van der Waals surface area contributed by atoms with Gasteiger partial charge in [0.25, 0.3) is 0 Å². The lowest BCUT2D eigenvalue weighted by atomic mass is 9.80. The lowest BCUT2D eigenvalue weighted by Crippen LogP contribution is -2.21. The summed E-state index contributed by atoms with van der Waals surface area (Å²) in [6.07, 6.45) is 19.0. The van der Waals surface area contributed by atoms with Gasteiger partial charge in [0, 0.05) is 5.56 Å². The van der Waals surface area contributed by atoms with Crippen molar-refractivity contribution >= 4 is 0 Å². The van der Waals surface area contributed by atoms with E-state index >= 15 is 0 Å². The zero-order chi connectivity index (χ0) is 22.1. The van der Waals surface area contributed by atoms with Crippen molar-refractivity contribution in [3.8, 4) is 0 Å². The smallest absolute Gasteiger partial charge is 0.164 e. The summed E-state index contributed by atoms with van der Waals surface area (Å²) in [5.41, 5.74) is 0.860. The van der Waals surface area contributed by atoms with Crippen molar-refractivity contribution in [1.82, 2.24) is 0 Å². The number of halogens is 2. The third kappa shape index (κ3) is 7.00. The van der Waals surface area contributed by atoms with E-state index in [2.05, 4.69) is 25.7 Å². The minimum Gasteiger partial charge on any atom is -0.373 e. The van der Waals surface area contributed by atoms with Crippen molar-refractivity contribution in [1.29, 1.82) is 0 Å². The Morgan fingerprint density at radius 3 is 2.42 bits per heavy atom. The van der Waals surface area contributed by atoms with Gasteiger partial charge in [-0.15, -0.1) is 6.58 Å². The molecule has 2 fully saturated rings. The average Bonchev–Trinajstić information content (AvgIpc) is 2.80. The van der Waals surface area contributed by atoms with Crippen LogP contribution in [0.1, 0.15) is 94.8 Å². The van der Waals surface area contributed by atoms with E-state index in [1.165, 1.54) is 32.1 Å². The van der Waals surface area contributed by atoms with Crippen LogP contribution in [-0.4, -0.2) is 6.61 Å². The van der Waals surface area contributed by atoms with Gasteiger partial charge >= 0.3 is 0 Å². The highest BCUT2D eigenvalue weighted by Crippen LogP contribution is 2.35. The summed E-state index contributed by atoms with van der Waals surface area (Å²) in [5, 5.41) is 0. The van der Waals surface area contributed by atoms with Crippen molar-refractivity contribution in [2.45, 2.75) is 90.1 Å². The van der Waals surface area contributed by atoms with Crippen molar-refractivity contribution in [2.75, 3.05) is 6.61 Å². The standard InChI is InChI=1S/C28H40F2O/c1-3-5-9-21-12-14-22(15-13-21)10-6-7-11-24-17-18-25(28(30)27(24)29)26-19-16-23(8-4-2)20-31-26/h3,6,10,17-18,21-23,26H,1,4-5,7-9,11-16,19-20H2,2H3/b10-6+. The number of allylic oxidation sites excluding steroid dienone is 3. The zero-order valence-corrected chi connectivity index (χ0v) is 19.3. The maximum absolute atomic E-state index is 14.7. The Morgan fingerprint density at radius 1 is 0.968 bits per heavy atom. The molecule has 0 N–H and O–H groups in total. The first-order valence-corrected chi connectivity index (χ1v) is 12.5. The van der Waals surface area contributed by atoms with Crippen molar-refractivity contribution < 1.29 is 13.5 Å². The predicted octanol–water partition coefficient (Wildman–Crippen LogP) is 8.49. The van der Waals surface area contributed by atoms with Crippen molar-refractivity contribution in [3.63, 3.8) is 0 Å². The van der Waals surface area contributed by atoms with Gasteiger partial charge in [0.05, 0.1) is 12.7 Å². The molecule has 1 aromatic carbocycles. The fourth-order valence-electron chi connectivity index (χ4n) is 5.28. The lowest BCUT2D eigenvalue weighted by Gasteiger charge is -2.29. The van der Waals surface area contributed by atoms with E-state index in [4.69, 9.17) is 4.74 Å². The molecule has 3 heteroatoms. The maximum Gasteiger partial charge on any atom is 0.164 e. The summed E-state index contributed by atoms with van der Waals surface area (Å²) >= 11 is 0. The molecule has 0 amide bonds. The van der Waals surface area contributed by atoms with E-state index in [0.717, 1.165) is 44.4 Å². The van der Waals surface area contributed by atoms with Gasteiger partial charge in [0.2, 0.25) is 0 Å². The molecular formula is C28H40F2O. The molecule has 172 valence electrons. The molecular weight excluding hydrogens is 390 g/mol. The first-order valence-electron chi connectivity index (χ1n) is 12.5. The fourth-order valence-corrected chi connectivity index (χ4v) is 5.28. The molecule has 0 aromatic heterocycles. The first-order chi connectivity index (χ1) is 15.1. The highest BCUT2D eigenvalue weighted by atomic mass is 19.2. The number of hydrogen-bond acceptors (Lipinski definition) is 1. The normalized spacial score (nSPS) is 26.9. The van der Waals surface area contributed by atoms with E-state index in [-0.39, 0.29) is 6.10 Å². The van der Waals surface area contributed by atoms with E-state index in [0.29, 0.717) is 36.0 Å². The summed E-state index contributed by atoms with van der Waals surface area (Å²) < 4.78 is 35.3. The number of hydrogen-bond donors (Lipinski definition) is 0. The number of ether oxygens (including phenoxy) is 1. The van der Waals surface area contributed by atoms with E-state index in [9.17, 15) is 8.78 Å². The van der Waals surface area contributed by atoms with Gasteiger partial charge in [-0.1, -0.05) is 43.7 Å². The molecule has 1 saturated heterocycles. The number of benzene rings is 1. The zero-order valence-electron chi connectivity index (χ0n) is 19.3. The topological polar surface area (TPSA) is 9.23 Å². The van der Waals surface area contributed by atoms with Gasteiger partial charge in [-0.25, -0.2) is 8.78 Å². The quantitative estimate of drug-likeness (QED) is 0.338. The van der Waals surface area contributed by atoms with Gasteiger partial charge in [-0.2, -0.15) is 0 Å². The Morgan fingerprint density at radius 2 is 1.74 bits per heavy atom. The van der Waals surface area contributed by atoms with E-state index < -0.39 is 11.6 Å². The third-order valence-electron chi connectivity index (χ3n) is 7.27. The van der Waals surface area contributed by atoms with Crippen LogP contribution in [-0.2, 0) is 11.2 Å². The SMILES string of the molecule is C=CCCC1CCC(/C=C/CCc2ccc(C3CCC(CCC)CO3)c(F)c2F)CC1. The highest BCUT2D eigenvalue weighted by molar-refractivity contribution is 5.28. The van der Waals surface area contributed by atoms with Gasteiger partial charge < -0.3 is 4.74 Å². The summed E-state index contributed by atoms with van der Waals surface area (Å²) in [6, 6.07) is 3.50. The Balaban J connectivity index is 1.46. The monoisotopic (exact) mass is 430 g/mol. The molecule has 1 saturated carbocycles. The number of aryl methyl sites for hydroxylation is 1. The molecule has 1 aliphatic carbocycles. The van der Waals surface area contributed by atoms with Gasteiger partial charge in [-0.3, -0.25) is 0 Å². The molecule has 1 aromatic rings. The van der Waals surface area contributed by atoms with Crippen LogP contribution in [0.15, 0.2) is 36.9 Å². The second-order valence-corrected chi connectivity index (χ2v) is 9.61. The van der Waals surface area contributed by atoms with Gasteiger partial charge in [0.15, 0.2) is 11.6 Å². The van der Waals surface area contributed by atoms with Crippen molar-refractivity contribution in [2.24, 2.45) is 17.8 Å². The van der Waals surface area contributed by atoms with E-state index in [1.807, 2.05) is 6.08 Å². The van der Waals surface area contributed by atoms with Crippen LogP contribution in [0.5, 0.6) is 0 Å². The van der Waals surface area contributed by atoms with Gasteiger partial charge in [-0.05, 0) is 93.9 Å². The molecule has 2 unspecified atom stereocenters. The summed E-state index contributed by atoms with van der Waals surface area (Å²) in [4.78, 5) is 0. The van der Waals surface area contributed by atoms with Crippen LogP contribution in [0.25, 0.3) is 0 Å². The molecule has 2 atom stereocenters. The minimum absolute atomic E-state index is 0.307. The van der Waals surface area contributed by atoms with Gasteiger partial charge in [0.1, 0.15) is 0 Å². The molecule has 1 nitrogen and oxygen atoms in total. The molecule has 0 radical (unpaired) electrons. The molecule has 31 heavy (non-hydrogen) atoms. The van der Waals surface area contributed by atoms with Crippen LogP contribution in [0.4, 0.5) is 8.78 Å². The van der Waals surface area contributed by atoms with Crippen LogP contribution in [0, 0.1) is 29.4 Å². The maximum atomic E-state index is 14.7. The molecule has 1 heterocycles. The first kappa shape index (κ1) is 24.2. The van der Waals surface area contributed by atoms with Crippen LogP contribution in [0.2, 0.25) is 0 Å². The Labute approximate surface area is 188 Å². The average molecular weight is 431 g/mol.